The van der Waals surface area contributed by atoms with Crippen molar-refractivity contribution in [3.8, 4) is 28.0 Å². The molecule has 2 saturated heterocycles. The third kappa shape index (κ3) is 12.6. The van der Waals surface area contributed by atoms with Crippen LogP contribution in [-0.2, 0) is 35.2 Å². The summed E-state index contributed by atoms with van der Waals surface area (Å²) < 4.78 is 22.8. The molecule has 15 nitrogen and oxygen atoms in total. The van der Waals surface area contributed by atoms with Crippen molar-refractivity contribution < 1.29 is 38.1 Å². The summed E-state index contributed by atoms with van der Waals surface area (Å²) in [5, 5.41) is 15.6. The van der Waals surface area contributed by atoms with Gasteiger partial charge in [0.15, 0.2) is 5.11 Å². The molecule has 4 amide bonds. The number of ether oxygens (including phenoxy) is 4. The van der Waals surface area contributed by atoms with Gasteiger partial charge in [0.1, 0.15) is 41.8 Å². The molecule has 3 aromatic carbocycles. The Kier molecular flexibility index (Phi) is 17.7. The second kappa shape index (κ2) is 23.4. The van der Waals surface area contributed by atoms with E-state index in [1.165, 1.54) is 12.0 Å². The van der Waals surface area contributed by atoms with Crippen molar-refractivity contribution in [3.05, 3.63) is 89.1 Å². The predicted molar refractivity (Wildman–Crippen MR) is 267 cm³/mol. The number of nitrogens with zero attached hydrogens (tertiary/aromatic N) is 5. The summed E-state index contributed by atoms with van der Waals surface area (Å²) >= 11 is 7.40. The lowest BCUT2D eigenvalue weighted by atomic mass is 9.85. The number of hydrogen-bond donors (Lipinski definition) is 2. The number of carbonyl (C=O) groups excluding carboxylic acids is 4. The van der Waals surface area contributed by atoms with Crippen LogP contribution in [0, 0.1) is 23.7 Å². The summed E-state index contributed by atoms with van der Waals surface area (Å²) in [5.74, 6) is 0.0142. The molecule has 2 aliphatic rings. The molecule has 0 bridgehead atoms. The average molecular weight is 966 g/mol. The van der Waals surface area contributed by atoms with Crippen LogP contribution in [0.25, 0.3) is 10.4 Å². The van der Waals surface area contributed by atoms with E-state index in [-0.39, 0.29) is 30.2 Å². The lowest BCUT2D eigenvalue weighted by Crippen LogP contribution is -2.58. The Hall–Kier alpha value is -5.93. The van der Waals surface area contributed by atoms with E-state index < -0.39 is 23.0 Å². The zero-order valence-electron chi connectivity index (χ0n) is 40.1. The first-order valence-corrected chi connectivity index (χ1v) is 24.4. The van der Waals surface area contributed by atoms with Gasteiger partial charge in [-0.25, -0.2) is 4.98 Å². The molecule has 0 aliphatic carbocycles. The Morgan fingerprint density at radius 1 is 0.956 bits per heavy atom. The van der Waals surface area contributed by atoms with Crippen molar-refractivity contribution in [2.24, 2.45) is 5.41 Å². The number of aryl methyl sites for hydroxylation is 1. The monoisotopic (exact) mass is 965 g/mol. The maximum absolute atomic E-state index is 13.9. The van der Waals surface area contributed by atoms with Crippen LogP contribution in [0.15, 0.2) is 72.2 Å². The van der Waals surface area contributed by atoms with Crippen LogP contribution >= 0.6 is 23.6 Å². The molecule has 0 unspecified atom stereocenters. The summed E-state index contributed by atoms with van der Waals surface area (Å²) in [6.07, 6.45) is 4.51. The molecule has 4 aromatic rings. The van der Waals surface area contributed by atoms with E-state index in [1.807, 2.05) is 100 Å². The number of rotatable bonds is 22. The Morgan fingerprint density at radius 3 is 2.32 bits per heavy atom. The van der Waals surface area contributed by atoms with Gasteiger partial charge in [0.25, 0.3) is 5.91 Å². The van der Waals surface area contributed by atoms with Gasteiger partial charge in [-0.1, -0.05) is 45.0 Å². The molecule has 0 spiro atoms. The highest BCUT2D eigenvalue weighted by molar-refractivity contribution is 7.81. The fourth-order valence-electron chi connectivity index (χ4n) is 8.24. The van der Waals surface area contributed by atoms with Gasteiger partial charge in [0, 0.05) is 44.7 Å². The summed E-state index contributed by atoms with van der Waals surface area (Å²) in [7, 11) is 1.48. The minimum absolute atomic E-state index is 0.189. The largest absolute Gasteiger partial charge is 0.495 e. The number of unbranched alkanes of at least 4 members (excludes halogenated alkanes) is 2. The maximum atomic E-state index is 13.9. The molecule has 0 saturated carbocycles. The Balaban J connectivity index is 0.834. The Labute approximate surface area is 409 Å². The average Bonchev–Trinajstić information content (AvgIpc) is 4.03. The maximum Gasteiger partial charge on any atom is 0.259 e. The van der Waals surface area contributed by atoms with Gasteiger partial charge in [0.2, 0.25) is 17.7 Å². The summed E-state index contributed by atoms with van der Waals surface area (Å²) in [6, 6.07) is 21.1. The Morgan fingerprint density at radius 2 is 1.65 bits per heavy atom. The van der Waals surface area contributed by atoms with Gasteiger partial charge in [0.05, 0.1) is 41.0 Å². The number of thiazole rings is 1. The summed E-state index contributed by atoms with van der Waals surface area (Å²) in [6.45, 7) is 13.9. The number of benzene rings is 3. The summed E-state index contributed by atoms with van der Waals surface area (Å²) in [5.41, 5.74) is 4.96. The molecule has 1 aromatic heterocycles. The fourth-order valence-corrected chi connectivity index (χ4v) is 9.58. The molecular weight excluding hydrogens is 903 g/mol. The number of carbonyl (C=O) groups is 4. The number of thiocarbonyl (C=S) groups is 1. The minimum Gasteiger partial charge on any atom is -0.495 e. The van der Waals surface area contributed by atoms with Crippen molar-refractivity contribution in [2.45, 2.75) is 104 Å². The molecule has 3 heterocycles. The van der Waals surface area contributed by atoms with Crippen molar-refractivity contribution in [1.82, 2.24) is 20.5 Å². The minimum atomic E-state index is -0.953. The molecule has 2 fully saturated rings. The van der Waals surface area contributed by atoms with Crippen LogP contribution in [0.2, 0.25) is 0 Å². The van der Waals surface area contributed by atoms with Crippen LogP contribution in [0.4, 0.5) is 11.4 Å². The van der Waals surface area contributed by atoms with Crippen molar-refractivity contribution in [1.29, 1.82) is 5.26 Å². The third-order valence-electron chi connectivity index (χ3n) is 12.0. The highest BCUT2D eigenvalue weighted by Crippen LogP contribution is 2.38. The first-order chi connectivity index (χ1) is 32.5. The first kappa shape index (κ1) is 51.5. The molecule has 17 heteroatoms. The topological polar surface area (TPSA) is 176 Å². The molecule has 2 atom stereocenters. The number of methoxy groups -OCH3 is 1. The molecule has 68 heavy (non-hydrogen) atoms. The molecule has 2 N–H and O–H groups in total. The number of nitriles is 1. The van der Waals surface area contributed by atoms with E-state index >= 15 is 0 Å². The van der Waals surface area contributed by atoms with Gasteiger partial charge < -0.3 is 39.4 Å². The van der Waals surface area contributed by atoms with E-state index in [0.717, 1.165) is 46.6 Å². The summed E-state index contributed by atoms with van der Waals surface area (Å²) in [4.78, 5) is 64.2. The van der Waals surface area contributed by atoms with E-state index in [0.29, 0.717) is 86.6 Å². The van der Waals surface area contributed by atoms with E-state index in [2.05, 4.69) is 21.7 Å². The Bertz CT molecular complexity index is 2450. The molecule has 0 radical (unpaired) electrons. The van der Waals surface area contributed by atoms with Crippen LogP contribution in [0.5, 0.6) is 11.5 Å². The highest BCUT2D eigenvalue weighted by atomic mass is 32.1. The molecule has 6 rings (SSSR count). The molecule has 362 valence electrons. The van der Waals surface area contributed by atoms with Gasteiger partial charge >= 0.3 is 0 Å². The quantitative estimate of drug-likeness (QED) is 0.0581. The van der Waals surface area contributed by atoms with E-state index in [1.54, 1.807) is 34.4 Å². The second-order valence-corrected chi connectivity index (χ2v) is 19.7. The van der Waals surface area contributed by atoms with Gasteiger partial charge in [-0.3, -0.25) is 24.1 Å². The zero-order valence-corrected chi connectivity index (χ0v) is 41.7. The number of anilines is 2. The normalized spacial score (nSPS) is 16.1. The van der Waals surface area contributed by atoms with Crippen LogP contribution in [-0.4, -0.2) is 103 Å². The van der Waals surface area contributed by atoms with Crippen molar-refractivity contribution in [2.75, 3.05) is 56.5 Å². The van der Waals surface area contributed by atoms with Gasteiger partial charge in [-0.15, -0.1) is 11.3 Å². The number of aromatic nitrogens is 1. The van der Waals surface area contributed by atoms with Crippen LogP contribution in [0.3, 0.4) is 0 Å². The lowest BCUT2D eigenvalue weighted by molar-refractivity contribution is -0.144. The van der Waals surface area contributed by atoms with Crippen molar-refractivity contribution in [3.63, 3.8) is 0 Å². The standard InChI is InChI=1S/C51H63N7O8S2/c1-34-44(68-33-54-34)36-16-14-35(15-17-36)31-53-46(60)41-13-11-24-56(41)47(61)45(50(2,3)4)55-43(59)32-65-27-12-26-64-25-9-8-10-28-66-40-22-20-38(21-23-40)58-49(67)57(48(62)51(58,5)6)39-19-18-37(30-52)42(29-39)63-7/h14-23,29,33,41,45H,8-13,24-28,31-32H2,1-7H3,(H,53,60)(H,55,59)/t41-,45+/m0/s1. The van der Waals surface area contributed by atoms with Crippen molar-refractivity contribution >= 4 is 63.7 Å². The first-order valence-electron chi connectivity index (χ1n) is 23.1. The lowest BCUT2D eigenvalue weighted by Gasteiger charge is -2.35. The second-order valence-electron chi connectivity index (χ2n) is 18.5. The van der Waals surface area contributed by atoms with Gasteiger partial charge in [-0.05, 0) is 124 Å². The van der Waals surface area contributed by atoms with E-state index in [4.69, 9.17) is 31.2 Å². The third-order valence-corrected chi connectivity index (χ3v) is 13.4. The van der Waals surface area contributed by atoms with Crippen LogP contribution in [0.1, 0.15) is 90.0 Å². The zero-order chi connectivity index (χ0) is 49.0. The smallest absolute Gasteiger partial charge is 0.259 e. The number of nitrogens with one attached hydrogen (secondary N) is 2. The van der Waals surface area contributed by atoms with Gasteiger partial charge in [-0.2, -0.15) is 5.26 Å². The number of hydrogen-bond acceptors (Lipinski definition) is 12. The predicted octanol–water partition coefficient (Wildman–Crippen LogP) is 7.73. The van der Waals surface area contributed by atoms with E-state index in [9.17, 15) is 24.4 Å². The highest BCUT2D eigenvalue weighted by Gasteiger charge is 2.50. The molecular formula is C51H63N7O8S2. The van der Waals surface area contributed by atoms with Crippen LogP contribution < -0.4 is 29.9 Å². The number of amides is 4. The molecule has 2 aliphatic heterocycles. The number of likely N-dealkylation sites (tertiary alicyclic amines) is 1. The fraction of sp³-hybridized carbons (Fsp3) is 0.471. The SMILES string of the molecule is COc1cc(N2C(=O)C(C)(C)N(c3ccc(OCCCCCOCCCOCC(=O)N[C@H](C(=O)N4CCC[C@H]4C(=O)NCc4ccc(-c5scnc5C)cc4)C(C)(C)C)cc3)C2=S)ccc1C#N.